The second-order valence-electron chi connectivity index (χ2n) is 2.77. The molecule has 0 spiro atoms. The van der Waals surface area contributed by atoms with Crippen LogP contribution >= 0.6 is 0 Å². The predicted molar refractivity (Wildman–Crippen MR) is 42.7 cm³/mol. The van der Waals surface area contributed by atoms with Gasteiger partial charge in [-0.3, -0.25) is 0 Å². The molecule has 2 atom stereocenters. The molecule has 0 radical (unpaired) electrons. The van der Waals surface area contributed by atoms with Crippen LogP contribution < -0.4 is 0 Å². The fourth-order valence-electron chi connectivity index (χ4n) is 1.32. The molecule has 0 aliphatic heterocycles. The summed E-state index contributed by atoms with van der Waals surface area (Å²) in [4.78, 5) is 0. The summed E-state index contributed by atoms with van der Waals surface area (Å²) in [7, 11) is 0. The van der Waals surface area contributed by atoms with Crippen molar-refractivity contribution in [3.8, 4) is 0 Å². The predicted octanol–water partition coefficient (Wildman–Crippen LogP) is 1.89. The van der Waals surface area contributed by atoms with Crippen molar-refractivity contribution in [3.05, 3.63) is 24.8 Å². The second-order valence-corrected chi connectivity index (χ2v) is 2.77. The molecule has 1 heteroatoms. The SMILES string of the molecule is C=CC(O)C1CC=CCC1. The van der Waals surface area contributed by atoms with E-state index in [0.717, 1.165) is 19.3 Å². The summed E-state index contributed by atoms with van der Waals surface area (Å²) in [6.07, 6.45) is 8.86. The van der Waals surface area contributed by atoms with Crippen molar-refractivity contribution in [1.29, 1.82) is 0 Å². The fraction of sp³-hybridized carbons (Fsp3) is 0.556. The van der Waals surface area contributed by atoms with Crippen LogP contribution in [0, 0.1) is 5.92 Å². The van der Waals surface area contributed by atoms with Crippen molar-refractivity contribution in [2.45, 2.75) is 25.4 Å². The zero-order valence-corrected chi connectivity index (χ0v) is 6.16. The molecule has 0 fully saturated rings. The average Bonchev–Trinajstić information content (AvgIpc) is 2.05. The second kappa shape index (κ2) is 3.57. The topological polar surface area (TPSA) is 20.2 Å². The van der Waals surface area contributed by atoms with Crippen LogP contribution in [-0.4, -0.2) is 11.2 Å². The number of allylic oxidation sites excluding steroid dienone is 2. The zero-order valence-electron chi connectivity index (χ0n) is 6.16. The Balaban J connectivity index is 2.40. The summed E-state index contributed by atoms with van der Waals surface area (Å²) in [6, 6.07) is 0. The normalized spacial score (nSPS) is 27.9. The van der Waals surface area contributed by atoms with Crippen LogP contribution in [0.3, 0.4) is 0 Å². The molecular formula is C9H14O. The maximum atomic E-state index is 9.33. The summed E-state index contributed by atoms with van der Waals surface area (Å²) in [5.41, 5.74) is 0. The number of hydrogen-bond acceptors (Lipinski definition) is 1. The van der Waals surface area contributed by atoms with E-state index < -0.39 is 0 Å². The summed E-state index contributed by atoms with van der Waals surface area (Å²) in [5.74, 6) is 0.419. The van der Waals surface area contributed by atoms with Gasteiger partial charge in [0.25, 0.3) is 0 Å². The number of aliphatic hydroxyl groups excluding tert-OH is 1. The molecule has 0 saturated heterocycles. The fourth-order valence-corrected chi connectivity index (χ4v) is 1.32. The minimum atomic E-state index is -0.301. The van der Waals surface area contributed by atoms with Gasteiger partial charge in [-0.15, -0.1) is 6.58 Å². The van der Waals surface area contributed by atoms with Crippen molar-refractivity contribution in [2.75, 3.05) is 0 Å². The molecule has 56 valence electrons. The highest BCUT2D eigenvalue weighted by Crippen LogP contribution is 2.21. The van der Waals surface area contributed by atoms with E-state index in [9.17, 15) is 5.11 Å². The van der Waals surface area contributed by atoms with E-state index in [-0.39, 0.29) is 6.10 Å². The first-order chi connectivity index (χ1) is 4.84. The zero-order chi connectivity index (χ0) is 7.40. The van der Waals surface area contributed by atoms with Crippen LogP contribution in [0.2, 0.25) is 0 Å². The Morgan fingerprint density at radius 1 is 1.60 bits per heavy atom. The third kappa shape index (κ3) is 1.71. The van der Waals surface area contributed by atoms with Crippen LogP contribution in [0.25, 0.3) is 0 Å². The van der Waals surface area contributed by atoms with Gasteiger partial charge >= 0.3 is 0 Å². The van der Waals surface area contributed by atoms with Gasteiger partial charge in [-0.2, -0.15) is 0 Å². The van der Waals surface area contributed by atoms with Gasteiger partial charge in [0, 0.05) is 0 Å². The van der Waals surface area contributed by atoms with Crippen LogP contribution in [-0.2, 0) is 0 Å². The Labute approximate surface area is 62.1 Å². The molecule has 1 rings (SSSR count). The number of rotatable bonds is 2. The van der Waals surface area contributed by atoms with Gasteiger partial charge in [0.1, 0.15) is 0 Å². The van der Waals surface area contributed by atoms with Crippen molar-refractivity contribution in [3.63, 3.8) is 0 Å². The third-order valence-corrected chi connectivity index (χ3v) is 2.03. The number of hydrogen-bond donors (Lipinski definition) is 1. The van der Waals surface area contributed by atoms with Gasteiger partial charge in [0.05, 0.1) is 6.10 Å². The Bertz CT molecular complexity index is 138. The minimum absolute atomic E-state index is 0.301. The Kier molecular flexibility index (Phi) is 2.69. The molecule has 10 heavy (non-hydrogen) atoms. The monoisotopic (exact) mass is 138 g/mol. The summed E-state index contributed by atoms with van der Waals surface area (Å²) < 4.78 is 0. The highest BCUT2D eigenvalue weighted by atomic mass is 16.3. The molecule has 0 amide bonds. The molecule has 1 aliphatic rings. The molecule has 0 saturated carbocycles. The Morgan fingerprint density at radius 3 is 2.90 bits per heavy atom. The third-order valence-electron chi connectivity index (χ3n) is 2.03. The maximum absolute atomic E-state index is 9.33. The van der Waals surface area contributed by atoms with Gasteiger partial charge < -0.3 is 5.11 Å². The quantitative estimate of drug-likeness (QED) is 0.578. The maximum Gasteiger partial charge on any atom is 0.0749 e. The molecule has 0 heterocycles. The van der Waals surface area contributed by atoms with E-state index in [1.807, 2.05) is 0 Å². The highest BCUT2D eigenvalue weighted by Gasteiger charge is 2.15. The van der Waals surface area contributed by atoms with Crippen molar-refractivity contribution in [1.82, 2.24) is 0 Å². The van der Waals surface area contributed by atoms with Crippen LogP contribution in [0.1, 0.15) is 19.3 Å². The summed E-state index contributed by atoms with van der Waals surface area (Å²) >= 11 is 0. The first-order valence-corrected chi connectivity index (χ1v) is 3.80. The standard InChI is InChI=1S/C9H14O/c1-2-9(10)8-6-4-3-5-7-8/h2-4,8-10H,1,5-7H2. The van der Waals surface area contributed by atoms with E-state index in [0.29, 0.717) is 5.92 Å². The van der Waals surface area contributed by atoms with E-state index >= 15 is 0 Å². The van der Waals surface area contributed by atoms with E-state index in [1.54, 1.807) is 6.08 Å². The minimum Gasteiger partial charge on any atom is -0.389 e. The van der Waals surface area contributed by atoms with Crippen LogP contribution in [0.5, 0.6) is 0 Å². The lowest BCUT2D eigenvalue weighted by Gasteiger charge is -2.20. The molecule has 0 bridgehead atoms. The molecule has 0 aromatic rings. The molecule has 0 aromatic carbocycles. The molecular weight excluding hydrogens is 124 g/mol. The molecule has 1 nitrogen and oxygen atoms in total. The van der Waals surface area contributed by atoms with Gasteiger partial charge in [-0.1, -0.05) is 18.2 Å². The first kappa shape index (κ1) is 7.55. The van der Waals surface area contributed by atoms with Gasteiger partial charge in [0.15, 0.2) is 0 Å². The largest absolute Gasteiger partial charge is 0.389 e. The van der Waals surface area contributed by atoms with Gasteiger partial charge in [-0.05, 0) is 25.2 Å². The van der Waals surface area contributed by atoms with Crippen molar-refractivity contribution in [2.24, 2.45) is 5.92 Å². The lowest BCUT2D eigenvalue weighted by Crippen LogP contribution is -2.18. The smallest absolute Gasteiger partial charge is 0.0749 e. The van der Waals surface area contributed by atoms with E-state index in [1.165, 1.54) is 0 Å². The molecule has 1 N–H and O–H groups in total. The summed E-state index contributed by atoms with van der Waals surface area (Å²) in [5, 5.41) is 9.33. The van der Waals surface area contributed by atoms with Crippen LogP contribution in [0.4, 0.5) is 0 Å². The molecule has 0 aromatic heterocycles. The Hall–Kier alpha value is -0.560. The van der Waals surface area contributed by atoms with E-state index in [4.69, 9.17) is 0 Å². The molecule has 2 unspecified atom stereocenters. The highest BCUT2D eigenvalue weighted by molar-refractivity contribution is 4.95. The van der Waals surface area contributed by atoms with E-state index in [2.05, 4.69) is 18.7 Å². The lowest BCUT2D eigenvalue weighted by atomic mass is 9.89. The van der Waals surface area contributed by atoms with Gasteiger partial charge in [0.2, 0.25) is 0 Å². The average molecular weight is 138 g/mol. The first-order valence-electron chi connectivity index (χ1n) is 3.80. The van der Waals surface area contributed by atoms with Crippen LogP contribution in [0.15, 0.2) is 24.8 Å². The van der Waals surface area contributed by atoms with Gasteiger partial charge in [-0.25, -0.2) is 0 Å². The van der Waals surface area contributed by atoms with Crippen molar-refractivity contribution >= 4 is 0 Å². The Morgan fingerprint density at radius 2 is 2.40 bits per heavy atom. The lowest BCUT2D eigenvalue weighted by molar-refractivity contribution is 0.146. The molecule has 1 aliphatic carbocycles. The van der Waals surface area contributed by atoms with Crippen molar-refractivity contribution < 1.29 is 5.11 Å². The summed E-state index contributed by atoms with van der Waals surface area (Å²) in [6.45, 7) is 3.56. The number of aliphatic hydroxyl groups is 1.